The standard InChI is InChI=1S/C17H18O3/c1-2-15(13-9-5-3-6-10-13)20-17(19)16(18)14-11-7-4-8-12-14/h3-12,15-16,18H,2H2,1H3. The minimum atomic E-state index is -1.24. The molecule has 0 aliphatic heterocycles. The topological polar surface area (TPSA) is 46.5 Å². The first-order chi connectivity index (χ1) is 9.72. The minimum Gasteiger partial charge on any atom is -0.455 e. The van der Waals surface area contributed by atoms with Gasteiger partial charge < -0.3 is 9.84 Å². The molecule has 2 rings (SSSR count). The smallest absolute Gasteiger partial charge is 0.340 e. The van der Waals surface area contributed by atoms with Crippen LogP contribution in [0.25, 0.3) is 0 Å². The van der Waals surface area contributed by atoms with Crippen LogP contribution in [0.3, 0.4) is 0 Å². The number of hydrogen-bond donors (Lipinski definition) is 1. The summed E-state index contributed by atoms with van der Waals surface area (Å²) >= 11 is 0. The first-order valence-corrected chi connectivity index (χ1v) is 6.70. The number of esters is 1. The van der Waals surface area contributed by atoms with Crippen molar-refractivity contribution in [3.8, 4) is 0 Å². The lowest BCUT2D eigenvalue weighted by Crippen LogP contribution is -2.18. The lowest BCUT2D eigenvalue weighted by atomic mass is 10.1. The van der Waals surface area contributed by atoms with Crippen molar-refractivity contribution in [1.82, 2.24) is 0 Å². The van der Waals surface area contributed by atoms with Crippen molar-refractivity contribution in [3.05, 3.63) is 71.8 Å². The molecule has 2 atom stereocenters. The van der Waals surface area contributed by atoms with E-state index < -0.39 is 12.1 Å². The maximum atomic E-state index is 12.0. The highest BCUT2D eigenvalue weighted by atomic mass is 16.6. The molecular formula is C17H18O3. The molecule has 2 unspecified atom stereocenters. The van der Waals surface area contributed by atoms with Gasteiger partial charge in [0.15, 0.2) is 6.10 Å². The van der Waals surface area contributed by atoms with Crippen molar-refractivity contribution in [2.24, 2.45) is 0 Å². The van der Waals surface area contributed by atoms with E-state index in [0.717, 1.165) is 5.56 Å². The number of aliphatic hydroxyl groups is 1. The molecule has 0 heterocycles. The minimum absolute atomic E-state index is 0.331. The normalized spacial score (nSPS) is 13.5. The van der Waals surface area contributed by atoms with E-state index in [1.54, 1.807) is 24.3 Å². The molecular weight excluding hydrogens is 252 g/mol. The van der Waals surface area contributed by atoms with Crippen molar-refractivity contribution in [2.75, 3.05) is 0 Å². The van der Waals surface area contributed by atoms with Crippen LogP contribution in [0.4, 0.5) is 0 Å². The van der Waals surface area contributed by atoms with Gasteiger partial charge in [-0.15, -0.1) is 0 Å². The van der Waals surface area contributed by atoms with E-state index in [2.05, 4.69) is 0 Å². The van der Waals surface area contributed by atoms with Crippen LogP contribution in [0.15, 0.2) is 60.7 Å². The first kappa shape index (κ1) is 14.3. The number of carbonyl (C=O) groups excluding carboxylic acids is 1. The Morgan fingerprint density at radius 2 is 1.50 bits per heavy atom. The van der Waals surface area contributed by atoms with Gasteiger partial charge in [0.05, 0.1) is 0 Å². The fraction of sp³-hybridized carbons (Fsp3) is 0.235. The van der Waals surface area contributed by atoms with Crippen LogP contribution in [-0.2, 0) is 9.53 Å². The molecule has 0 aromatic heterocycles. The maximum absolute atomic E-state index is 12.0. The summed E-state index contributed by atoms with van der Waals surface area (Å²) in [6, 6.07) is 18.3. The zero-order valence-corrected chi connectivity index (χ0v) is 11.4. The monoisotopic (exact) mass is 270 g/mol. The van der Waals surface area contributed by atoms with Crippen LogP contribution in [0, 0.1) is 0 Å². The summed E-state index contributed by atoms with van der Waals surface area (Å²) in [5, 5.41) is 10.0. The molecule has 0 fully saturated rings. The third-order valence-electron chi connectivity index (χ3n) is 3.14. The fourth-order valence-electron chi connectivity index (χ4n) is 2.03. The lowest BCUT2D eigenvalue weighted by Gasteiger charge is -2.19. The van der Waals surface area contributed by atoms with Crippen molar-refractivity contribution in [3.63, 3.8) is 0 Å². The molecule has 104 valence electrons. The van der Waals surface area contributed by atoms with Crippen LogP contribution in [0.5, 0.6) is 0 Å². The molecule has 0 aliphatic carbocycles. The van der Waals surface area contributed by atoms with Gasteiger partial charge in [0.25, 0.3) is 0 Å². The van der Waals surface area contributed by atoms with Gasteiger partial charge in [0, 0.05) is 0 Å². The molecule has 3 nitrogen and oxygen atoms in total. The first-order valence-electron chi connectivity index (χ1n) is 6.70. The summed E-state index contributed by atoms with van der Waals surface area (Å²) in [5.41, 5.74) is 1.48. The molecule has 1 N–H and O–H groups in total. The molecule has 0 bridgehead atoms. The maximum Gasteiger partial charge on any atom is 0.340 e. The van der Waals surface area contributed by atoms with E-state index in [9.17, 15) is 9.90 Å². The number of carbonyl (C=O) groups is 1. The Hall–Kier alpha value is -2.13. The molecule has 3 heteroatoms. The average molecular weight is 270 g/mol. The summed E-state index contributed by atoms with van der Waals surface area (Å²) in [6.07, 6.45) is -0.909. The molecule has 0 amide bonds. The summed E-state index contributed by atoms with van der Waals surface area (Å²) in [5.74, 6) is -0.619. The molecule has 20 heavy (non-hydrogen) atoms. The molecule has 2 aromatic carbocycles. The number of hydrogen-bond acceptors (Lipinski definition) is 3. The van der Waals surface area contributed by atoms with Crippen LogP contribution in [0.2, 0.25) is 0 Å². The second kappa shape index (κ2) is 6.87. The van der Waals surface area contributed by atoms with Crippen molar-refractivity contribution in [1.29, 1.82) is 0 Å². The quantitative estimate of drug-likeness (QED) is 0.847. The van der Waals surface area contributed by atoms with Gasteiger partial charge >= 0.3 is 5.97 Å². The van der Waals surface area contributed by atoms with Crippen molar-refractivity contribution in [2.45, 2.75) is 25.6 Å². The van der Waals surface area contributed by atoms with Gasteiger partial charge in [-0.3, -0.25) is 0 Å². The number of aliphatic hydroxyl groups excluding tert-OH is 1. The third-order valence-corrected chi connectivity index (χ3v) is 3.14. The average Bonchev–Trinajstić information content (AvgIpc) is 2.53. The van der Waals surface area contributed by atoms with Crippen LogP contribution in [-0.4, -0.2) is 11.1 Å². The zero-order valence-electron chi connectivity index (χ0n) is 11.4. The molecule has 0 saturated carbocycles. The summed E-state index contributed by atoms with van der Waals surface area (Å²) in [6.45, 7) is 1.94. The van der Waals surface area contributed by atoms with E-state index in [4.69, 9.17) is 4.74 Å². The molecule has 0 spiro atoms. The highest BCUT2D eigenvalue weighted by Gasteiger charge is 2.22. The van der Waals surface area contributed by atoms with Gasteiger partial charge in [-0.1, -0.05) is 67.6 Å². The predicted molar refractivity (Wildman–Crippen MR) is 77.0 cm³/mol. The van der Waals surface area contributed by atoms with Gasteiger partial charge in [0.2, 0.25) is 0 Å². The Kier molecular flexibility index (Phi) is 4.91. The Bertz CT molecular complexity index is 537. The fourth-order valence-corrected chi connectivity index (χ4v) is 2.03. The van der Waals surface area contributed by atoms with Gasteiger partial charge in [-0.25, -0.2) is 4.79 Å². The number of rotatable bonds is 5. The summed E-state index contributed by atoms with van der Waals surface area (Å²) in [7, 11) is 0. The lowest BCUT2D eigenvalue weighted by molar-refractivity contribution is -0.160. The summed E-state index contributed by atoms with van der Waals surface area (Å²) in [4.78, 5) is 12.0. The van der Waals surface area contributed by atoms with E-state index >= 15 is 0 Å². The SMILES string of the molecule is CCC(OC(=O)C(O)c1ccccc1)c1ccccc1. The Morgan fingerprint density at radius 1 is 1.00 bits per heavy atom. The molecule has 0 saturated heterocycles. The third kappa shape index (κ3) is 3.45. The second-order valence-corrected chi connectivity index (χ2v) is 4.56. The van der Waals surface area contributed by atoms with Gasteiger partial charge in [0.1, 0.15) is 6.10 Å². The van der Waals surface area contributed by atoms with Crippen molar-refractivity contribution < 1.29 is 14.6 Å². The number of ether oxygens (including phenoxy) is 1. The zero-order chi connectivity index (χ0) is 14.4. The van der Waals surface area contributed by atoms with Crippen molar-refractivity contribution >= 4 is 5.97 Å². The van der Waals surface area contributed by atoms with E-state index in [0.29, 0.717) is 12.0 Å². The van der Waals surface area contributed by atoms with E-state index in [-0.39, 0.29) is 6.10 Å². The Balaban J connectivity index is 2.06. The molecule has 0 aliphatic rings. The molecule has 0 radical (unpaired) electrons. The van der Waals surface area contributed by atoms with Gasteiger partial charge in [-0.05, 0) is 17.5 Å². The highest BCUT2D eigenvalue weighted by Crippen LogP contribution is 2.24. The summed E-state index contributed by atoms with van der Waals surface area (Å²) < 4.78 is 5.41. The van der Waals surface area contributed by atoms with Gasteiger partial charge in [-0.2, -0.15) is 0 Å². The van der Waals surface area contributed by atoms with Crippen LogP contribution >= 0.6 is 0 Å². The van der Waals surface area contributed by atoms with E-state index in [1.807, 2.05) is 43.3 Å². The Labute approximate surface area is 118 Å². The second-order valence-electron chi connectivity index (χ2n) is 4.56. The number of benzene rings is 2. The largest absolute Gasteiger partial charge is 0.455 e. The van der Waals surface area contributed by atoms with Crippen LogP contribution < -0.4 is 0 Å². The predicted octanol–water partition coefficient (Wildman–Crippen LogP) is 3.41. The highest BCUT2D eigenvalue weighted by molar-refractivity contribution is 5.76. The van der Waals surface area contributed by atoms with Crippen LogP contribution in [0.1, 0.15) is 36.7 Å². The molecule has 2 aromatic rings. The Morgan fingerprint density at radius 3 is 2.00 bits per heavy atom. The van der Waals surface area contributed by atoms with E-state index in [1.165, 1.54) is 0 Å².